The Bertz CT molecular complexity index is 1230. The minimum absolute atomic E-state index is 0.0198. The average Bonchev–Trinajstić information content (AvgIpc) is 3.65. The number of aliphatic hydroxyl groups is 1. The van der Waals surface area contributed by atoms with E-state index in [1.165, 1.54) is 0 Å². The maximum atomic E-state index is 14.4. The molecule has 2 N–H and O–H groups in total. The second-order valence-corrected chi connectivity index (χ2v) is 11.8. The molecule has 3 amide bonds. The van der Waals surface area contributed by atoms with Crippen LogP contribution in [0.3, 0.4) is 0 Å². The van der Waals surface area contributed by atoms with Crippen LogP contribution < -0.4 is 5.32 Å². The quantitative estimate of drug-likeness (QED) is 0.256. The van der Waals surface area contributed by atoms with Crippen LogP contribution in [0.25, 0.3) is 0 Å². The Morgan fingerprint density at radius 3 is 2.56 bits per heavy atom. The lowest BCUT2D eigenvalue weighted by atomic mass is 9.74. The van der Waals surface area contributed by atoms with Gasteiger partial charge >= 0.3 is 5.97 Å². The summed E-state index contributed by atoms with van der Waals surface area (Å²) in [6.07, 6.45) is 10.5. The average molecular weight is 594 g/mol. The van der Waals surface area contributed by atoms with Crippen LogP contribution in [0.15, 0.2) is 54.6 Å². The van der Waals surface area contributed by atoms with Crippen LogP contribution in [0.1, 0.15) is 63.5 Å². The summed E-state index contributed by atoms with van der Waals surface area (Å²) in [4.78, 5) is 58.5. The number of benzene rings is 1. The third-order valence-corrected chi connectivity index (χ3v) is 8.98. The van der Waals surface area contributed by atoms with E-state index < -0.39 is 41.7 Å². The first-order valence-electron chi connectivity index (χ1n) is 15.7. The molecular formula is C33H43N3O7. The molecule has 1 aromatic carbocycles. The van der Waals surface area contributed by atoms with Crippen molar-refractivity contribution in [2.75, 3.05) is 32.8 Å². The van der Waals surface area contributed by atoms with Gasteiger partial charge in [0.25, 0.3) is 0 Å². The summed E-state index contributed by atoms with van der Waals surface area (Å²) in [7, 11) is 0. The van der Waals surface area contributed by atoms with Crippen molar-refractivity contribution in [3.05, 3.63) is 60.2 Å². The topological polar surface area (TPSA) is 125 Å². The van der Waals surface area contributed by atoms with Crippen LogP contribution in [-0.2, 0) is 28.7 Å². The standard InChI is InChI=1S/C33H43N3O7/c1-2-3-9-18-35-19-10-5-8-15-26(38)34-22-25(23-13-6-4-7-14-23)42-32(41)27-24-16-17-33(43-24)28(27)30(39)36(20-11-12-21-37)29(33)31(35)40/h4-7,10,13-14,16-17,24-25,27-29,37H,2-3,8-9,11-12,15,18-22H2,1H3,(H,34,38)/b10-5-/t24-,25-,27+,28+,29-,33+/m0/s1. The number of nitrogens with zero attached hydrogens (tertiary/aromatic N) is 2. The normalized spacial score (nSPS) is 31.7. The smallest absolute Gasteiger partial charge is 0.313 e. The van der Waals surface area contributed by atoms with Gasteiger partial charge in [0, 0.05) is 32.7 Å². The SMILES string of the molecule is CCCCCN1C/C=C\CCC(=O)NC[C@@H](c2ccccc2)OC(=O)[C@@H]2[C@@H]3C=C[C@]4(O3)[C@H](C1=O)N(CCCCO)C(=O)[C@@H]24. The van der Waals surface area contributed by atoms with E-state index in [0.29, 0.717) is 32.4 Å². The lowest BCUT2D eigenvalue weighted by Gasteiger charge is -2.36. The van der Waals surface area contributed by atoms with Crippen LogP contribution >= 0.6 is 0 Å². The van der Waals surface area contributed by atoms with Gasteiger partial charge in [-0.3, -0.25) is 19.2 Å². The third kappa shape index (κ3) is 6.26. The Morgan fingerprint density at radius 2 is 1.79 bits per heavy atom. The van der Waals surface area contributed by atoms with Gasteiger partial charge < -0.3 is 29.7 Å². The summed E-state index contributed by atoms with van der Waals surface area (Å²) in [5.74, 6) is -3.12. The van der Waals surface area contributed by atoms with Crippen molar-refractivity contribution < 1.29 is 33.8 Å². The molecule has 5 rings (SSSR count). The zero-order chi connectivity index (χ0) is 30.4. The summed E-state index contributed by atoms with van der Waals surface area (Å²) < 4.78 is 12.5. The summed E-state index contributed by atoms with van der Waals surface area (Å²) >= 11 is 0. The van der Waals surface area contributed by atoms with Crippen LogP contribution in [-0.4, -0.2) is 89.1 Å². The van der Waals surface area contributed by atoms with Crippen molar-refractivity contribution in [3.8, 4) is 0 Å². The van der Waals surface area contributed by atoms with Crippen molar-refractivity contribution in [2.45, 2.75) is 75.7 Å². The number of carbonyl (C=O) groups is 4. The molecule has 1 spiro atoms. The van der Waals surface area contributed by atoms with Gasteiger partial charge in [-0.1, -0.05) is 74.4 Å². The monoisotopic (exact) mass is 593 g/mol. The zero-order valence-electron chi connectivity index (χ0n) is 24.9. The van der Waals surface area contributed by atoms with E-state index >= 15 is 0 Å². The maximum absolute atomic E-state index is 14.4. The van der Waals surface area contributed by atoms with E-state index in [0.717, 1.165) is 24.8 Å². The second-order valence-electron chi connectivity index (χ2n) is 11.8. The summed E-state index contributed by atoms with van der Waals surface area (Å²) in [5, 5.41) is 12.3. The minimum Gasteiger partial charge on any atom is -0.455 e. The first-order valence-corrected chi connectivity index (χ1v) is 15.7. The highest BCUT2D eigenvalue weighted by Crippen LogP contribution is 2.55. The Kier molecular flexibility index (Phi) is 9.97. The Hall–Kier alpha value is -3.50. The molecule has 4 heterocycles. The van der Waals surface area contributed by atoms with Crippen molar-refractivity contribution in [3.63, 3.8) is 0 Å². The molecule has 0 radical (unpaired) electrons. The van der Waals surface area contributed by atoms with Crippen LogP contribution in [0.5, 0.6) is 0 Å². The highest BCUT2D eigenvalue weighted by atomic mass is 16.6. The summed E-state index contributed by atoms with van der Waals surface area (Å²) in [6.45, 7) is 3.31. The number of carbonyl (C=O) groups excluding carboxylic acids is 4. The molecule has 0 aliphatic carbocycles. The van der Waals surface area contributed by atoms with Gasteiger partial charge in [-0.25, -0.2) is 0 Å². The molecule has 5 bridgehead atoms. The first kappa shape index (κ1) is 30.9. The fraction of sp³-hybridized carbons (Fsp3) is 0.576. The zero-order valence-corrected chi connectivity index (χ0v) is 24.9. The van der Waals surface area contributed by atoms with Gasteiger partial charge in [-0.05, 0) is 31.2 Å². The molecule has 10 heteroatoms. The number of likely N-dealkylation sites (tertiary alicyclic amines) is 1. The number of nitrogens with one attached hydrogen (secondary N) is 1. The Morgan fingerprint density at radius 1 is 1.00 bits per heavy atom. The van der Waals surface area contributed by atoms with Crippen molar-refractivity contribution in [1.82, 2.24) is 15.1 Å². The number of cyclic esters (lactones) is 1. The minimum atomic E-state index is -1.28. The molecule has 6 atom stereocenters. The molecule has 10 nitrogen and oxygen atoms in total. The highest BCUT2D eigenvalue weighted by molar-refractivity contribution is 5.99. The Labute approximate surface area is 253 Å². The lowest BCUT2D eigenvalue weighted by molar-refractivity contribution is -0.159. The molecule has 0 unspecified atom stereocenters. The first-order chi connectivity index (χ1) is 20.9. The van der Waals surface area contributed by atoms with Gasteiger partial charge in [-0.2, -0.15) is 0 Å². The van der Waals surface area contributed by atoms with E-state index in [2.05, 4.69) is 12.2 Å². The molecule has 0 saturated carbocycles. The third-order valence-electron chi connectivity index (χ3n) is 8.98. The molecule has 4 aliphatic heterocycles. The predicted molar refractivity (Wildman–Crippen MR) is 158 cm³/mol. The maximum Gasteiger partial charge on any atom is 0.313 e. The van der Waals surface area contributed by atoms with Gasteiger partial charge in [0.2, 0.25) is 17.7 Å². The van der Waals surface area contributed by atoms with Gasteiger partial charge in [0.05, 0.1) is 18.6 Å². The fourth-order valence-corrected chi connectivity index (χ4v) is 6.81. The number of hydrogen-bond acceptors (Lipinski definition) is 7. The number of allylic oxidation sites excluding steroid dienone is 1. The number of rotatable bonds is 9. The fourth-order valence-electron chi connectivity index (χ4n) is 6.81. The highest BCUT2D eigenvalue weighted by Gasteiger charge is 2.73. The molecule has 2 saturated heterocycles. The van der Waals surface area contributed by atoms with E-state index in [1.54, 1.807) is 15.9 Å². The van der Waals surface area contributed by atoms with Crippen LogP contribution in [0, 0.1) is 11.8 Å². The second kappa shape index (κ2) is 13.9. The van der Waals surface area contributed by atoms with E-state index in [9.17, 15) is 24.3 Å². The van der Waals surface area contributed by atoms with E-state index in [-0.39, 0.29) is 43.8 Å². The van der Waals surface area contributed by atoms with Gasteiger partial charge in [0.15, 0.2) is 0 Å². The predicted octanol–water partition coefficient (Wildman–Crippen LogP) is 2.68. The molecule has 1 aromatic rings. The Balaban J connectivity index is 1.52. The largest absolute Gasteiger partial charge is 0.455 e. The number of amides is 3. The summed E-state index contributed by atoms with van der Waals surface area (Å²) in [5.41, 5.74) is -0.554. The molecular weight excluding hydrogens is 550 g/mol. The molecule has 232 valence electrons. The number of unbranched alkanes of at least 4 members (excludes halogenated alkanes) is 3. The number of aliphatic hydroxyl groups excluding tert-OH is 1. The van der Waals surface area contributed by atoms with Gasteiger partial charge in [-0.15, -0.1) is 0 Å². The van der Waals surface area contributed by atoms with E-state index in [1.807, 2.05) is 48.6 Å². The molecule has 4 aliphatic rings. The number of fused-ring (bicyclic) bond motifs is 2. The lowest BCUT2D eigenvalue weighted by Crippen LogP contribution is -2.56. The van der Waals surface area contributed by atoms with Crippen molar-refractivity contribution >= 4 is 23.7 Å². The molecule has 2 fully saturated rings. The van der Waals surface area contributed by atoms with Crippen LogP contribution in [0.2, 0.25) is 0 Å². The van der Waals surface area contributed by atoms with Crippen molar-refractivity contribution in [1.29, 1.82) is 0 Å². The number of esters is 1. The van der Waals surface area contributed by atoms with Crippen LogP contribution in [0.4, 0.5) is 0 Å². The molecule has 43 heavy (non-hydrogen) atoms. The van der Waals surface area contributed by atoms with Gasteiger partial charge in [0.1, 0.15) is 23.7 Å². The van der Waals surface area contributed by atoms with Crippen molar-refractivity contribution in [2.24, 2.45) is 11.8 Å². The summed E-state index contributed by atoms with van der Waals surface area (Å²) in [6, 6.07) is 8.27. The number of hydrogen-bond donors (Lipinski definition) is 2. The van der Waals surface area contributed by atoms with E-state index in [4.69, 9.17) is 9.47 Å². The molecule has 0 aromatic heterocycles. The number of ether oxygens (including phenoxy) is 2.